The van der Waals surface area contributed by atoms with Crippen molar-refractivity contribution < 1.29 is 17.8 Å². The molecule has 24 heteroatoms. The summed E-state index contributed by atoms with van der Waals surface area (Å²) in [5.41, 5.74) is 6.84. The third-order valence-corrected chi connectivity index (χ3v) is 14.0. The third kappa shape index (κ3) is 103. The molecule has 0 fully saturated rings. The van der Waals surface area contributed by atoms with E-state index in [1.54, 1.807) is 114 Å². The second-order valence-electron chi connectivity index (χ2n) is 19.1. The molecule has 0 aliphatic heterocycles. The number of thiazole rings is 2. The Morgan fingerprint density at radius 2 is 0.940 bits per heavy atom. The molecule has 0 aliphatic carbocycles. The zero-order chi connectivity index (χ0) is 93.6. The van der Waals surface area contributed by atoms with E-state index in [1.165, 1.54) is 55.2 Å². The Bertz CT molecular complexity index is 3100. The highest BCUT2D eigenvalue weighted by Crippen LogP contribution is 2.04. The molecule has 14 aromatic rings. The van der Waals surface area contributed by atoms with Gasteiger partial charge in [-0.25, -0.2) is 29.3 Å². The number of hydrogen-bond acceptors (Lipinski definition) is 19. The lowest BCUT2D eigenvalue weighted by atomic mass is 10.2. The second kappa shape index (κ2) is 115. The maximum Gasteiger partial charge on any atom is 0.190 e. The molecule has 0 amide bonds. The number of imidazole rings is 2. The summed E-state index contributed by atoms with van der Waals surface area (Å²) in [6.45, 7) is 81.6. The first-order valence-corrected chi connectivity index (χ1v) is 44.8. The molecule has 0 radical (unpaired) electrons. The average Bonchev–Trinajstić information content (AvgIpc) is 1.77. The van der Waals surface area contributed by atoms with Crippen LogP contribution < -0.4 is 0 Å². The number of furan rings is 1. The Balaban J connectivity index is -0.0000000886. The first-order valence-electron chi connectivity index (χ1n) is 41.4. The summed E-state index contributed by atoms with van der Waals surface area (Å²) < 4.78 is 32.3. The van der Waals surface area contributed by atoms with E-state index in [2.05, 4.69) is 120 Å². The molecule has 117 heavy (non-hydrogen) atoms. The van der Waals surface area contributed by atoms with Crippen molar-refractivity contribution in [3.05, 3.63) is 278 Å². The van der Waals surface area contributed by atoms with Crippen molar-refractivity contribution in [3.8, 4) is 0 Å². The lowest BCUT2D eigenvalue weighted by Crippen LogP contribution is -1.92. The minimum Gasteiger partial charge on any atom is -0.470 e. The summed E-state index contributed by atoms with van der Waals surface area (Å²) >= 11 is 6.64. The Morgan fingerprint density at radius 3 is 1.07 bits per heavy atom. The van der Waals surface area contributed by atoms with E-state index >= 15 is 0 Å². The van der Waals surface area contributed by atoms with Crippen molar-refractivity contribution in [2.75, 3.05) is 0 Å². The van der Waals surface area contributed by atoms with Crippen molar-refractivity contribution in [3.63, 3.8) is 0 Å². The molecule has 13 heterocycles. The lowest BCUT2D eigenvalue weighted by molar-refractivity contribution is 0.397. The highest BCUT2D eigenvalue weighted by Gasteiger charge is 1.94. The molecular formula is C93H170N16O4S4. The number of aromatic nitrogens is 16. The molecule has 0 spiro atoms. The molecule has 1 aromatic carbocycles. The van der Waals surface area contributed by atoms with E-state index in [1.807, 2.05) is 389 Å². The van der Waals surface area contributed by atoms with Crippen molar-refractivity contribution in [2.24, 2.45) is 35.2 Å². The lowest BCUT2D eigenvalue weighted by Gasteiger charge is -1.89. The van der Waals surface area contributed by atoms with Crippen LogP contribution in [-0.2, 0) is 35.2 Å². The van der Waals surface area contributed by atoms with E-state index in [4.69, 9.17) is 13.3 Å². The van der Waals surface area contributed by atoms with Crippen LogP contribution in [0, 0.1) is 104 Å². The molecule has 13 aromatic heterocycles. The normalized spacial score (nSPS) is 7.74. The third-order valence-electron chi connectivity index (χ3n) is 11.1. The summed E-state index contributed by atoms with van der Waals surface area (Å²) in [5, 5.41) is 16.6. The van der Waals surface area contributed by atoms with Gasteiger partial charge in [0.05, 0.1) is 41.7 Å². The fraction of sp³-hybridized carbons (Fsp3) is 0.495. The molecule has 0 saturated carbocycles. The van der Waals surface area contributed by atoms with Gasteiger partial charge in [0.1, 0.15) is 41.0 Å². The maximum atomic E-state index is 4.83. The van der Waals surface area contributed by atoms with Crippen LogP contribution in [0.2, 0.25) is 0 Å². The topological polar surface area (TPSA) is 219 Å². The zero-order valence-electron chi connectivity index (χ0n) is 82.4. The van der Waals surface area contributed by atoms with Crippen LogP contribution in [0.3, 0.4) is 0 Å². The Hall–Kier alpha value is -9.23. The molecule has 0 saturated heterocycles. The van der Waals surface area contributed by atoms with Crippen LogP contribution >= 0.6 is 45.5 Å². The van der Waals surface area contributed by atoms with E-state index < -0.39 is 0 Å². The SMILES string of the molecule is CC.CC.CC.CC.CC.CC.CC.CC.CC.CC.CC.CC.CC.Cc1ccccc1.Cc1cccn1C.Cc1ccco1.Cc1cccs1.Cc1ccnn1C.Cc1ccno1.Cc1ccns1.Cc1cncn1C.Cc1cnco1.Cc1cncs1.Cc1nc(C)n(C)n1.Cc1nccn1C.Cc1ncco1.Cc1nccs1. The molecule has 0 N–H and O–H groups in total. The Kier molecular flexibility index (Phi) is 135. The van der Waals surface area contributed by atoms with Crippen LogP contribution in [0.1, 0.15) is 263 Å². The molecule has 0 atom stereocenters. The number of aryl methyl sites for hydroxylation is 20. The molecular weight excluding hydrogens is 1530 g/mol. The maximum absolute atomic E-state index is 4.83. The van der Waals surface area contributed by atoms with Gasteiger partial charge in [0.2, 0.25) is 0 Å². The van der Waals surface area contributed by atoms with E-state index in [0.717, 1.165) is 45.7 Å². The molecule has 670 valence electrons. The van der Waals surface area contributed by atoms with Crippen LogP contribution in [0.5, 0.6) is 0 Å². The van der Waals surface area contributed by atoms with Crippen molar-refractivity contribution in [2.45, 2.75) is 284 Å². The number of rotatable bonds is 0. The van der Waals surface area contributed by atoms with Gasteiger partial charge in [-0.2, -0.15) is 10.2 Å². The van der Waals surface area contributed by atoms with Gasteiger partial charge in [-0.15, -0.1) is 34.0 Å². The van der Waals surface area contributed by atoms with Gasteiger partial charge in [0.15, 0.2) is 12.3 Å². The monoisotopic (exact) mass is 1700 g/mol. The average molecular weight is 1700 g/mol. The summed E-state index contributed by atoms with van der Waals surface area (Å²) in [6, 6.07) is 28.1. The van der Waals surface area contributed by atoms with Crippen molar-refractivity contribution in [1.29, 1.82) is 0 Å². The van der Waals surface area contributed by atoms with E-state index in [-0.39, 0.29) is 0 Å². The predicted octanol–water partition coefficient (Wildman–Crippen LogP) is 30.2. The molecule has 0 aliphatic rings. The van der Waals surface area contributed by atoms with Crippen molar-refractivity contribution in [1.82, 2.24) is 77.7 Å². The number of benzene rings is 1. The van der Waals surface area contributed by atoms with Gasteiger partial charge >= 0.3 is 0 Å². The smallest absolute Gasteiger partial charge is 0.190 e. The van der Waals surface area contributed by atoms with Gasteiger partial charge in [-0.3, -0.25) is 19.3 Å². The number of thiophene rings is 1. The fourth-order valence-electron chi connectivity index (χ4n) is 5.43. The van der Waals surface area contributed by atoms with Crippen LogP contribution in [-0.4, -0.2) is 77.7 Å². The van der Waals surface area contributed by atoms with Gasteiger partial charge in [0.25, 0.3) is 0 Å². The summed E-state index contributed by atoms with van der Waals surface area (Å²) in [7, 11) is 9.80. The second-order valence-corrected chi connectivity index (χ2v) is 23.5. The Labute approximate surface area is 732 Å². The quantitative estimate of drug-likeness (QED) is 0.138. The highest BCUT2D eigenvalue weighted by atomic mass is 32.1. The van der Waals surface area contributed by atoms with Gasteiger partial charge < -0.3 is 31.5 Å². The fourth-order valence-corrected chi connectivity index (χ4v) is 7.22. The predicted molar refractivity (Wildman–Crippen MR) is 520 cm³/mol. The summed E-state index contributed by atoms with van der Waals surface area (Å²) in [5.74, 6) is 6.25. The number of nitrogens with zero attached hydrogens (tertiary/aromatic N) is 16. The summed E-state index contributed by atoms with van der Waals surface area (Å²) in [6.07, 6.45) is 26.2. The first-order chi connectivity index (χ1) is 56.5. The number of oxazole rings is 2. The molecule has 14 rings (SSSR count). The van der Waals surface area contributed by atoms with Crippen LogP contribution in [0.15, 0.2) is 212 Å². The largest absolute Gasteiger partial charge is 0.470 e. The van der Waals surface area contributed by atoms with Gasteiger partial charge in [-0.1, -0.05) is 227 Å². The standard InChI is InChI=1S/C7H8.C6H9N.C5H9N3.3C5H8N2.C5H6O.C5H6S.3C4H5NO.3C4H5NS.13C2H6/c1-7-5-3-2-4-6-7;1-6-4-3-5-7(6)2;1-4-6-5(2)8(3)7-4;1-5-3-6-4-7(5)2;1-5-6-3-4-7(5)2;1-5-3-4-6-7(5)2;2*1-5-3-2-4-6-5;1-4-2-5-3-6-4;1-4-5-2-3-6-4;1-4-2-3-5-6-4;1-4-2-5-3-6-4;1-4-5-2-3-6-4;1-4-2-3-5-6-4;13*1-2/h2-6H,1H3;3-5H,1-2H3;1-3H3;3*3-4H,1-2H3;2*2-4H,1H3;6*2-3H,1H3;13*1-2H3. The minimum atomic E-state index is 0.718. The van der Waals surface area contributed by atoms with Crippen molar-refractivity contribution >= 4 is 45.5 Å². The van der Waals surface area contributed by atoms with E-state index in [0.29, 0.717) is 0 Å². The molecule has 20 nitrogen and oxygen atoms in total. The summed E-state index contributed by atoms with van der Waals surface area (Å²) in [4.78, 5) is 31.0. The van der Waals surface area contributed by atoms with Crippen LogP contribution in [0.25, 0.3) is 0 Å². The van der Waals surface area contributed by atoms with Crippen LogP contribution in [0.4, 0.5) is 0 Å². The number of hydrogen-bond donors (Lipinski definition) is 0. The van der Waals surface area contributed by atoms with Gasteiger partial charge in [-0.05, 0) is 156 Å². The highest BCUT2D eigenvalue weighted by molar-refractivity contribution is 7.10. The van der Waals surface area contributed by atoms with Gasteiger partial charge in [0, 0.05) is 135 Å². The van der Waals surface area contributed by atoms with E-state index in [9.17, 15) is 0 Å². The first kappa shape index (κ1) is 137. The Morgan fingerprint density at radius 1 is 0.350 bits per heavy atom. The minimum absolute atomic E-state index is 0.718. The molecule has 0 bridgehead atoms. The molecule has 0 unspecified atom stereocenters. The zero-order valence-corrected chi connectivity index (χ0v) is 85.7.